The average Bonchev–Trinajstić information content (AvgIpc) is 3.22. The normalized spacial score (nSPS) is 15.2. The smallest absolute Gasteiger partial charge is 0.307 e. The summed E-state index contributed by atoms with van der Waals surface area (Å²) in [6.07, 6.45) is -14.8. The summed E-state index contributed by atoms with van der Waals surface area (Å²) in [5.74, 6) is -6.01. The highest BCUT2D eigenvalue weighted by Gasteiger charge is 2.48. The molecular weight excluding hydrogens is 760 g/mol. The maximum atomic E-state index is 13.1. The molecule has 0 rings (SSSR count). The van der Waals surface area contributed by atoms with Crippen LogP contribution in [0.4, 0.5) is 0 Å². The first-order chi connectivity index (χ1) is 27.1. The van der Waals surface area contributed by atoms with Gasteiger partial charge < -0.3 is 52.1 Å². The van der Waals surface area contributed by atoms with Crippen LogP contribution in [0.5, 0.6) is 0 Å². The average molecular weight is 823 g/mol. The van der Waals surface area contributed by atoms with Crippen LogP contribution in [0.3, 0.4) is 0 Å². The third-order valence-electron chi connectivity index (χ3n) is 7.93. The van der Waals surface area contributed by atoms with Crippen LogP contribution in [-0.4, -0.2) is 124 Å². The molecule has 0 heterocycles. The van der Waals surface area contributed by atoms with Gasteiger partial charge in [0.2, 0.25) is 12.4 Å². The summed E-state index contributed by atoms with van der Waals surface area (Å²) in [4.78, 5) is 101. The van der Waals surface area contributed by atoms with Crippen molar-refractivity contribution in [1.82, 2.24) is 0 Å². The van der Waals surface area contributed by atoms with Gasteiger partial charge in [0.25, 0.3) is 0 Å². The molecule has 0 aromatic carbocycles. The first-order valence-electron chi connectivity index (χ1n) is 19.3. The Balaban J connectivity index is 7.81. The monoisotopic (exact) mass is 822 g/mol. The van der Waals surface area contributed by atoms with Crippen LogP contribution in [-0.2, 0) is 90.5 Å². The van der Waals surface area contributed by atoms with E-state index in [0.717, 1.165) is 14.2 Å². The third-order valence-corrected chi connectivity index (χ3v) is 7.93. The summed E-state index contributed by atoms with van der Waals surface area (Å²) in [5.41, 5.74) is 0. The second-order valence-corrected chi connectivity index (χ2v) is 12.1. The molecule has 0 fully saturated rings. The van der Waals surface area contributed by atoms with Gasteiger partial charge in [-0.2, -0.15) is 0 Å². The number of rotatable bonds is 30. The fourth-order valence-corrected chi connectivity index (χ4v) is 4.74. The minimum Gasteiger partial charge on any atom is -0.466 e. The van der Waals surface area contributed by atoms with E-state index in [9.17, 15) is 38.4 Å². The number of methoxy groups -OCH3 is 2. The van der Waals surface area contributed by atoms with Gasteiger partial charge in [-0.3, -0.25) is 38.4 Å². The summed E-state index contributed by atoms with van der Waals surface area (Å²) in [7, 11) is 2.29. The number of ether oxygens (including phenoxy) is 11. The molecule has 57 heavy (non-hydrogen) atoms. The SMILES string of the molecule is CCC(=O)OCC[C@@H](OC(=O)CC)[C@H](OC(=O)CC)C(OC(=O)CC)[C@H](OC)O[C@H](CCOC(=O)CC)[C@H](OC(=O)CC)C(OC(=O)CC)[C@@H](OC)OC(=O)CC. The molecule has 0 radical (unpaired) electrons. The predicted molar refractivity (Wildman–Crippen MR) is 195 cm³/mol. The fourth-order valence-electron chi connectivity index (χ4n) is 4.74. The zero-order chi connectivity index (χ0) is 43.5. The van der Waals surface area contributed by atoms with E-state index in [1.807, 2.05) is 0 Å². The van der Waals surface area contributed by atoms with Gasteiger partial charge >= 0.3 is 47.8 Å². The maximum Gasteiger partial charge on any atom is 0.307 e. The van der Waals surface area contributed by atoms with Crippen molar-refractivity contribution in [1.29, 1.82) is 0 Å². The van der Waals surface area contributed by atoms with Crippen LogP contribution in [0, 0.1) is 0 Å². The van der Waals surface area contributed by atoms with E-state index >= 15 is 0 Å². The zero-order valence-electron chi connectivity index (χ0n) is 34.9. The van der Waals surface area contributed by atoms with E-state index in [1.54, 1.807) is 13.8 Å². The topological polar surface area (TPSA) is 238 Å². The Labute approximate surface area is 334 Å². The molecule has 0 bridgehead atoms. The largest absolute Gasteiger partial charge is 0.466 e. The first-order valence-corrected chi connectivity index (χ1v) is 19.3. The molecule has 2 unspecified atom stereocenters. The Morgan fingerprint density at radius 2 is 0.649 bits per heavy atom. The van der Waals surface area contributed by atoms with Crippen molar-refractivity contribution in [2.24, 2.45) is 0 Å². The number of carbonyl (C=O) groups is 8. The van der Waals surface area contributed by atoms with Gasteiger partial charge in [-0.25, -0.2) is 0 Å². The van der Waals surface area contributed by atoms with Gasteiger partial charge in [0.1, 0.15) is 12.2 Å². The maximum absolute atomic E-state index is 13.1. The van der Waals surface area contributed by atoms with Crippen LogP contribution in [0.15, 0.2) is 0 Å². The third kappa shape index (κ3) is 20.1. The van der Waals surface area contributed by atoms with E-state index in [4.69, 9.17) is 52.1 Å². The fraction of sp³-hybridized carbons (Fsp3) is 0.789. The molecule has 0 aliphatic carbocycles. The molecule has 0 aliphatic heterocycles. The second-order valence-electron chi connectivity index (χ2n) is 12.1. The van der Waals surface area contributed by atoms with Gasteiger partial charge in [-0.05, 0) is 0 Å². The van der Waals surface area contributed by atoms with E-state index in [-0.39, 0.29) is 77.4 Å². The lowest BCUT2D eigenvalue weighted by Crippen LogP contribution is -2.56. The van der Waals surface area contributed by atoms with Crippen molar-refractivity contribution in [2.75, 3.05) is 27.4 Å². The Bertz CT molecular complexity index is 1270. The standard InChI is InChI=1S/C38H62O19/c1-11-25(39)49-21-19-23(51-27(41)13-3)33(53-28(42)14-4)35(55-30(44)16-6)37(47-9)52-24(20-22-50-26(40)12-2)34(54-29(43)15-5)36(56-31(45)17-7)38(48-10)57-32(46)18-8/h23-24,33-38H,11-22H2,1-10H3/t23-,24-,33+,34+,35?,36?,37-,38+/m1/s1. The molecule has 8 atom stereocenters. The molecule has 0 saturated carbocycles. The first kappa shape index (κ1) is 52.6. The van der Waals surface area contributed by atoms with Crippen molar-refractivity contribution in [3.63, 3.8) is 0 Å². The zero-order valence-corrected chi connectivity index (χ0v) is 34.9. The quantitative estimate of drug-likeness (QED) is 0.0572. The van der Waals surface area contributed by atoms with Gasteiger partial charge in [-0.1, -0.05) is 55.4 Å². The van der Waals surface area contributed by atoms with Gasteiger partial charge in [-0.15, -0.1) is 0 Å². The summed E-state index contributed by atoms with van der Waals surface area (Å²) < 4.78 is 62.2. The van der Waals surface area contributed by atoms with E-state index < -0.39 is 97.0 Å². The van der Waals surface area contributed by atoms with E-state index in [0.29, 0.717) is 0 Å². The Morgan fingerprint density at radius 1 is 0.351 bits per heavy atom. The Kier molecular flexibility index (Phi) is 27.5. The molecule has 0 spiro atoms. The van der Waals surface area contributed by atoms with Crippen LogP contribution < -0.4 is 0 Å². The Morgan fingerprint density at radius 3 is 1.02 bits per heavy atom. The van der Waals surface area contributed by atoms with Crippen molar-refractivity contribution >= 4 is 47.8 Å². The lowest BCUT2D eigenvalue weighted by Gasteiger charge is -2.39. The number of carbonyl (C=O) groups excluding carboxylic acids is 8. The minimum absolute atomic E-state index is 0.000874. The van der Waals surface area contributed by atoms with Crippen LogP contribution in [0.1, 0.15) is 120 Å². The Hall–Kier alpha value is -4.36. The van der Waals surface area contributed by atoms with Crippen molar-refractivity contribution < 1.29 is 90.5 Å². The van der Waals surface area contributed by atoms with Crippen LogP contribution in [0.2, 0.25) is 0 Å². The molecule has 0 aromatic rings. The van der Waals surface area contributed by atoms with Gasteiger partial charge in [0.05, 0.1) is 13.2 Å². The van der Waals surface area contributed by atoms with Crippen LogP contribution >= 0.6 is 0 Å². The van der Waals surface area contributed by atoms with E-state index in [1.165, 1.54) is 41.5 Å². The summed E-state index contributed by atoms with van der Waals surface area (Å²) in [6, 6.07) is 0. The van der Waals surface area contributed by atoms with Gasteiger partial charge in [0, 0.05) is 78.4 Å². The van der Waals surface area contributed by atoms with Crippen molar-refractivity contribution in [3.05, 3.63) is 0 Å². The summed E-state index contributed by atoms with van der Waals surface area (Å²) >= 11 is 0. The molecule has 0 saturated heterocycles. The molecule has 0 aliphatic rings. The molecule has 328 valence electrons. The molecular formula is C38H62O19. The molecule has 0 N–H and O–H groups in total. The highest BCUT2D eigenvalue weighted by Crippen LogP contribution is 2.28. The summed E-state index contributed by atoms with van der Waals surface area (Å²) in [5, 5.41) is 0. The molecule has 19 heteroatoms. The van der Waals surface area contributed by atoms with Crippen molar-refractivity contribution in [2.45, 2.75) is 169 Å². The van der Waals surface area contributed by atoms with E-state index in [2.05, 4.69) is 0 Å². The summed E-state index contributed by atoms with van der Waals surface area (Å²) in [6.45, 7) is 11.4. The lowest BCUT2D eigenvalue weighted by molar-refractivity contribution is -0.276. The number of hydrogen-bond donors (Lipinski definition) is 0. The highest BCUT2D eigenvalue weighted by molar-refractivity contribution is 5.72. The minimum atomic E-state index is -1.78. The molecule has 0 amide bonds. The van der Waals surface area contributed by atoms with Crippen molar-refractivity contribution in [3.8, 4) is 0 Å². The van der Waals surface area contributed by atoms with Gasteiger partial charge in [0.15, 0.2) is 24.6 Å². The van der Waals surface area contributed by atoms with Crippen LogP contribution in [0.25, 0.3) is 0 Å². The number of esters is 8. The predicted octanol–water partition coefficient (Wildman–Crippen LogP) is 3.57. The molecule has 0 aromatic heterocycles. The highest BCUT2D eigenvalue weighted by atomic mass is 16.7. The number of hydrogen-bond acceptors (Lipinski definition) is 19. The lowest BCUT2D eigenvalue weighted by atomic mass is 10.0. The second kappa shape index (κ2) is 29.8. The molecule has 19 nitrogen and oxygen atoms in total.